The van der Waals surface area contributed by atoms with Crippen LogP contribution in [0, 0.1) is 6.92 Å². The van der Waals surface area contributed by atoms with Crippen LogP contribution in [-0.2, 0) is 11.2 Å². The minimum absolute atomic E-state index is 0.339. The number of imidazole rings is 1. The SMILES string of the molecule is Cc1nn2c3c(nc2s1)CCN(C(=O)OC(C)(C)C)C3c1cnc(N2CC(F)(F)C2)s1. The van der Waals surface area contributed by atoms with Gasteiger partial charge >= 0.3 is 6.09 Å². The largest absolute Gasteiger partial charge is 0.444 e. The van der Waals surface area contributed by atoms with Gasteiger partial charge in [-0.1, -0.05) is 22.7 Å². The summed E-state index contributed by atoms with van der Waals surface area (Å²) >= 11 is 2.80. The Bertz CT molecular complexity index is 1160. The molecular weight excluding hydrogens is 446 g/mol. The van der Waals surface area contributed by atoms with Gasteiger partial charge in [-0.3, -0.25) is 4.90 Å². The van der Waals surface area contributed by atoms with Crippen molar-refractivity contribution in [1.29, 1.82) is 0 Å². The number of halogens is 2. The first-order valence-corrected chi connectivity index (χ1v) is 11.6. The number of carbonyl (C=O) groups excluding carboxylic acids is 1. The molecular formula is C19H22F2N6O2S2. The van der Waals surface area contributed by atoms with Gasteiger partial charge in [-0.15, -0.1) is 0 Å². The fraction of sp³-hybridized carbons (Fsp3) is 0.579. The van der Waals surface area contributed by atoms with Crippen molar-refractivity contribution in [3.63, 3.8) is 0 Å². The molecule has 5 heterocycles. The smallest absolute Gasteiger partial charge is 0.411 e. The molecule has 5 rings (SSSR count). The zero-order valence-electron chi connectivity index (χ0n) is 17.6. The van der Waals surface area contributed by atoms with Crippen molar-refractivity contribution in [2.24, 2.45) is 0 Å². The molecule has 3 aromatic rings. The van der Waals surface area contributed by atoms with Gasteiger partial charge in [0.2, 0.25) is 4.96 Å². The molecule has 2 aliphatic heterocycles. The second-order valence-electron chi connectivity index (χ2n) is 8.84. The maximum absolute atomic E-state index is 13.3. The maximum Gasteiger partial charge on any atom is 0.411 e. The monoisotopic (exact) mass is 468 g/mol. The number of hydrogen-bond acceptors (Lipinski definition) is 8. The number of anilines is 1. The van der Waals surface area contributed by atoms with Crippen LogP contribution in [0.25, 0.3) is 4.96 Å². The number of rotatable bonds is 2. The number of aromatic nitrogens is 4. The number of aryl methyl sites for hydroxylation is 1. The molecule has 3 aromatic heterocycles. The van der Waals surface area contributed by atoms with Gasteiger partial charge in [0.25, 0.3) is 5.92 Å². The number of hydrogen-bond donors (Lipinski definition) is 0. The van der Waals surface area contributed by atoms with E-state index in [1.54, 1.807) is 20.5 Å². The van der Waals surface area contributed by atoms with Crippen LogP contribution in [0.3, 0.4) is 0 Å². The van der Waals surface area contributed by atoms with E-state index in [4.69, 9.17) is 9.72 Å². The first kappa shape index (κ1) is 20.6. The normalized spacial score (nSPS) is 20.6. The van der Waals surface area contributed by atoms with Crippen molar-refractivity contribution in [2.75, 3.05) is 24.5 Å². The summed E-state index contributed by atoms with van der Waals surface area (Å²) in [5.74, 6) is -2.68. The van der Waals surface area contributed by atoms with E-state index in [1.165, 1.54) is 22.7 Å². The summed E-state index contributed by atoms with van der Waals surface area (Å²) in [6.45, 7) is 7.14. The van der Waals surface area contributed by atoms with Crippen LogP contribution < -0.4 is 4.90 Å². The highest BCUT2D eigenvalue weighted by Crippen LogP contribution is 2.42. The summed E-state index contributed by atoms with van der Waals surface area (Å²) < 4.78 is 34.1. The second kappa shape index (κ2) is 6.83. The van der Waals surface area contributed by atoms with Crippen molar-refractivity contribution in [3.05, 3.63) is 27.5 Å². The van der Waals surface area contributed by atoms with Gasteiger partial charge < -0.3 is 9.64 Å². The Morgan fingerprint density at radius 3 is 2.71 bits per heavy atom. The summed E-state index contributed by atoms with van der Waals surface area (Å²) in [4.78, 5) is 26.9. The number of amides is 1. The molecule has 0 N–H and O–H groups in total. The lowest BCUT2D eigenvalue weighted by Crippen LogP contribution is -2.56. The Morgan fingerprint density at radius 2 is 2.03 bits per heavy atom. The summed E-state index contributed by atoms with van der Waals surface area (Å²) in [7, 11) is 0. The van der Waals surface area contributed by atoms with Crippen LogP contribution >= 0.6 is 22.7 Å². The van der Waals surface area contributed by atoms with Gasteiger partial charge in [-0.2, -0.15) is 5.10 Å². The van der Waals surface area contributed by atoms with Crippen LogP contribution in [0.5, 0.6) is 0 Å². The molecule has 0 saturated carbocycles. The third kappa shape index (κ3) is 3.65. The Balaban J connectivity index is 1.56. The van der Waals surface area contributed by atoms with E-state index in [9.17, 15) is 13.6 Å². The molecule has 31 heavy (non-hydrogen) atoms. The number of thiazole rings is 1. The summed E-state index contributed by atoms with van der Waals surface area (Å²) in [6.07, 6.45) is 1.81. The van der Waals surface area contributed by atoms with E-state index in [2.05, 4.69) is 10.1 Å². The number of carbonyl (C=O) groups is 1. The number of ether oxygens (including phenoxy) is 1. The highest BCUT2D eigenvalue weighted by Gasteiger charge is 2.46. The van der Waals surface area contributed by atoms with Gasteiger partial charge in [0.1, 0.15) is 16.7 Å². The lowest BCUT2D eigenvalue weighted by atomic mass is 10.0. The Morgan fingerprint density at radius 1 is 1.29 bits per heavy atom. The number of alkyl halides is 2. The molecule has 1 saturated heterocycles. The summed E-state index contributed by atoms with van der Waals surface area (Å²) in [5, 5.41) is 5.98. The number of nitrogens with zero attached hydrogens (tertiary/aromatic N) is 6. The molecule has 0 aliphatic carbocycles. The molecule has 0 aromatic carbocycles. The van der Waals surface area contributed by atoms with Gasteiger partial charge in [-0.25, -0.2) is 28.1 Å². The second-order valence-corrected chi connectivity index (χ2v) is 11.0. The third-order valence-corrected chi connectivity index (χ3v) is 7.03. The molecule has 1 atom stereocenters. The summed E-state index contributed by atoms with van der Waals surface area (Å²) in [6, 6.07) is -0.497. The summed E-state index contributed by atoms with van der Waals surface area (Å²) in [5.41, 5.74) is 1.04. The third-order valence-electron chi connectivity index (χ3n) is 5.10. The van der Waals surface area contributed by atoms with Crippen LogP contribution in [0.1, 0.15) is 48.1 Å². The average molecular weight is 469 g/mol. The molecule has 8 nitrogen and oxygen atoms in total. The van der Waals surface area contributed by atoms with E-state index in [0.717, 1.165) is 26.2 Å². The highest BCUT2D eigenvalue weighted by molar-refractivity contribution is 7.16. The van der Waals surface area contributed by atoms with E-state index in [1.807, 2.05) is 27.7 Å². The lowest BCUT2D eigenvalue weighted by molar-refractivity contribution is -0.0262. The van der Waals surface area contributed by atoms with Crippen LogP contribution in [0.2, 0.25) is 0 Å². The lowest BCUT2D eigenvalue weighted by Gasteiger charge is -2.38. The highest BCUT2D eigenvalue weighted by atomic mass is 32.1. The van der Waals surface area contributed by atoms with Crippen LogP contribution in [-0.4, -0.2) is 61.7 Å². The molecule has 0 radical (unpaired) electrons. The minimum atomic E-state index is -2.68. The molecule has 1 amide bonds. The average Bonchev–Trinajstić information content (AvgIpc) is 3.31. The van der Waals surface area contributed by atoms with E-state index < -0.39 is 23.7 Å². The van der Waals surface area contributed by atoms with Gasteiger partial charge in [0.15, 0.2) is 5.13 Å². The predicted octanol–water partition coefficient (Wildman–Crippen LogP) is 3.89. The van der Waals surface area contributed by atoms with Crippen molar-refractivity contribution in [2.45, 2.75) is 51.7 Å². The van der Waals surface area contributed by atoms with Crippen molar-refractivity contribution >= 4 is 38.9 Å². The first-order valence-electron chi connectivity index (χ1n) is 9.94. The fourth-order valence-corrected chi connectivity index (χ4v) is 5.66. The zero-order valence-corrected chi connectivity index (χ0v) is 19.2. The van der Waals surface area contributed by atoms with Gasteiger partial charge in [-0.05, 0) is 27.7 Å². The van der Waals surface area contributed by atoms with Gasteiger partial charge in [0.05, 0.1) is 29.4 Å². The van der Waals surface area contributed by atoms with E-state index in [-0.39, 0.29) is 13.1 Å². The predicted molar refractivity (Wildman–Crippen MR) is 113 cm³/mol. The Hall–Kier alpha value is -2.34. The molecule has 1 unspecified atom stereocenters. The van der Waals surface area contributed by atoms with E-state index in [0.29, 0.717) is 18.1 Å². The molecule has 0 bridgehead atoms. The molecule has 0 spiro atoms. The van der Waals surface area contributed by atoms with Gasteiger partial charge in [0, 0.05) is 19.2 Å². The van der Waals surface area contributed by atoms with Crippen molar-refractivity contribution < 1.29 is 18.3 Å². The Labute approximate surface area is 185 Å². The van der Waals surface area contributed by atoms with Crippen LogP contribution in [0.4, 0.5) is 18.7 Å². The fourth-order valence-electron chi connectivity index (χ4n) is 3.86. The number of fused-ring (bicyclic) bond motifs is 3. The molecule has 2 aliphatic rings. The zero-order chi connectivity index (χ0) is 22.1. The van der Waals surface area contributed by atoms with E-state index >= 15 is 0 Å². The standard InChI is InChI=1S/C19H22F2N6O2S2/c1-10-24-27-13-11(23-16(27)30-10)5-6-26(17(28)29-18(2,3)4)14(13)12-7-22-15(31-12)25-8-19(20,21)9-25/h7,14H,5-6,8-9H2,1-4H3. The first-order chi connectivity index (χ1) is 14.5. The molecule has 1 fully saturated rings. The van der Waals surface area contributed by atoms with Crippen molar-refractivity contribution in [1.82, 2.24) is 24.5 Å². The molecule has 166 valence electrons. The minimum Gasteiger partial charge on any atom is -0.444 e. The topological polar surface area (TPSA) is 75.9 Å². The van der Waals surface area contributed by atoms with Crippen molar-refractivity contribution in [3.8, 4) is 0 Å². The quantitative estimate of drug-likeness (QED) is 0.568. The molecule has 12 heteroatoms. The Kier molecular flexibility index (Phi) is 4.53. The maximum atomic E-state index is 13.3. The van der Waals surface area contributed by atoms with Crippen LogP contribution in [0.15, 0.2) is 6.20 Å².